The number of nitrogens with zero attached hydrogens (tertiary/aromatic N) is 2. The van der Waals surface area contributed by atoms with Crippen molar-refractivity contribution < 1.29 is 18.0 Å². The third-order valence-corrected chi connectivity index (χ3v) is 3.59. The van der Waals surface area contributed by atoms with E-state index in [0.717, 1.165) is 37.5 Å². The third kappa shape index (κ3) is 8.24. The van der Waals surface area contributed by atoms with E-state index in [2.05, 4.69) is 22.5 Å². The van der Waals surface area contributed by atoms with Crippen LogP contribution in [0.2, 0.25) is 0 Å². The summed E-state index contributed by atoms with van der Waals surface area (Å²) in [5.74, 6) is 0.321. The lowest BCUT2D eigenvalue weighted by molar-refractivity contribution is -0.137. The van der Waals surface area contributed by atoms with Crippen LogP contribution >= 0.6 is 24.0 Å². The molecule has 0 aromatic heterocycles. The number of carbonyl (C=O) groups excluding carboxylic acids is 1. The van der Waals surface area contributed by atoms with Crippen LogP contribution in [0.5, 0.6) is 0 Å². The van der Waals surface area contributed by atoms with Crippen molar-refractivity contribution >= 4 is 35.8 Å². The highest BCUT2D eigenvalue weighted by Gasteiger charge is 2.30. The molecular formula is C17H26F3IN4O. The predicted octanol–water partition coefficient (Wildman–Crippen LogP) is 3.36. The van der Waals surface area contributed by atoms with Crippen LogP contribution in [0.3, 0.4) is 0 Å². The number of carbonyl (C=O) groups is 1. The molecule has 0 fully saturated rings. The van der Waals surface area contributed by atoms with Gasteiger partial charge in [0.25, 0.3) is 5.91 Å². The Balaban J connectivity index is 0.00000625. The summed E-state index contributed by atoms with van der Waals surface area (Å²) in [6, 6.07) is 4.14. The van der Waals surface area contributed by atoms with Crippen LogP contribution in [0, 0.1) is 0 Å². The first-order valence-corrected chi connectivity index (χ1v) is 8.16. The summed E-state index contributed by atoms with van der Waals surface area (Å²) in [6.45, 7) is 3.80. The second-order valence-electron chi connectivity index (χ2n) is 5.58. The lowest BCUT2D eigenvalue weighted by Crippen LogP contribution is -2.42. The molecule has 0 unspecified atom stereocenters. The lowest BCUT2D eigenvalue weighted by atomic mass is 10.1. The summed E-state index contributed by atoms with van der Waals surface area (Å²) in [5.41, 5.74) is -0.581. The minimum Gasteiger partial charge on any atom is -0.354 e. The molecule has 1 amide bonds. The molecular weight excluding hydrogens is 460 g/mol. The summed E-state index contributed by atoms with van der Waals surface area (Å²) < 4.78 is 37.5. The number of hydrogen-bond acceptors (Lipinski definition) is 2. The van der Waals surface area contributed by atoms with Gasteiger partial charge in [-0.3, -0.25) is 9.79 Å². The number of halogens is 4. The second kappa shape index (κ2) is 12.0. The number of benzene rings is 1. The number of nitrogens with one attached hydrogen (secondary N) is 2. The zero-order chi connectivity index (χ0) is 18.9. The molecule has 26 heavy (non-hydrogen) atoms. The summed E-state index contributed by atoms with van der Waals surface area (Å²) in [6.07, 6.45) is -2.26. The number of guanidine groups is 1. The summed E-state index contributed by atoms with van der Waals surface area (Å²) >= 11 is 0. The van der Waals surface area contributed by atoms with Crippen LogP contribution in [0.15, 0.2) is 29.3 Å². The lowest BCUT2D eigenvalue weighted by Gasteiger charge is -2.21. The first-order chi connectivity index (χ1) is 11.8. The van der Waals surface area contributed by atoms with Gasteiger partial charge in [0.2, 0.25) is 0 Å². The molecule has 9 heteroatoms. The van der Waals surface area contributed by atoms with Gasteiger partial charge < -0.3 is 15.5 Å². The molecule has 0 saturated heterocycles. The molecule has 0 aliphatic heterocycles. The molecule has 5 nitrogen and oxygen atoms in total. The molecule has 0 spiro atoms. The van der Waals surface area contributed by atoms with Gasteiger partial charge in [-0.25, -0.2) is 0 Å². The van der Waals surface area contributed by atoms with E-state index in [-0.39, 0.29) is 29.5 Å². The molecule has 1 rings (SSSR count). The van der Waals surface area contributed by atoms with Gasteiger partial charge in [-0.2, -0.15) is 13.2 Å². The Labute approximate surface area is 169 Å². The molecule has 0 heterocycles. The Morgan fingerprint density at radius 3 is 2.23 bits per heavy atom. The fourth-order valence-electron chi connectivity index (χ4n) is 2.15. The Morgan fingerprint density at radius 1 is 1.15 bits per heavy atom. The van der Waals surface area contributed by atoms with Crippen molar-refractivity contribution in [2.75, 3.05) is 33.7 Å². The van der Waals surface area contributed by atoms with Crippen LogP contribution in [0.25, 0.3) is 0 Å². The molecule has 1 aromatic carbocycles. The van der Waals surface area contributed by atoms with Crippen molar-refractivity contribution in [1.82, 2.24) is 15.5 Å². The first kappa shape index (κ1) is 24.5. The van der Waals surface area contributed by atoms with E-state index in [4.69, 9.17) is 0 Å². The Kier molecular flexibility index (Phi) is 11.3. The van der Waals surface area contributed by atoms with E-state index in [1.54, 1.807) is 7.05 Å². The van der Waals surface area contributed by atoms with Crippen molar-refractivity contribution in [3.63, 3.8) is 0 Å². The fraction of sp³-hybridized carbons (Fsp3) is 0.529. The molecule has 0 radical (unpaired) electrons. The number of amides is 1. The highest BCUT2D eigenvalue weighted by molar-refractivity contribution is 14.0. The topological polar surface area (TPSA) is 56.7 Å². The maximum Gasteiger partial charge on any atom is 0.416 e. The van der Waals surface area contributed by atoms with Gasteiger partial charge in [0.05, 0.1) is 5.56 Å². The minimum atomic E-state index is -4.40. The predicted molar refractivity (Wildman–Crippen MR) is 108 cm³/mol. The number of alkyl halides is 3. The number of rotatable bonds is 7. The van der Waals surface area contributed by atoms with Crippen LogP contribution < -0.4 is 10.6 Å². The van der Waals surface area contributed by atoms with E-state index in [1.165, 1.54) is 12.1 Å². The smallest absolute Gasteiger partial charge is 0.354 e. The van der Waals surface area contributed by atoms with Gasteiger partial charge in [-0.1, -0.05) is 13.3 Å². The maximum absolute atomic E-state index is 12.5. The fourth-order valence-corrected chi connectivity index (χ4v) is 2.15. The van der Waals surface area contributed by atoms with Gasteiger partial charge >= 0.3 is 6.18 Å². The van der Waals surface area contributed by atoms with E-state index >= 15 is 0 Å². The minimum absolute atomic E-state index is 0. The average molecular weight is 486 g/mol. The van der Waals surface area contributed by atoms with E-state index in [9.17, 15) is 18.0 Å². The number of aliphatic imine (C=N–C) groups is 1. The van der Waals surface area contributed by atoms with Gasteiger partial charge in [-0.05, 0) is 30.7 Å². The monoisotopic (exact) mass is 486 g/mol. The molecule has 1 aromatic rings. The largest absolute Gasteiger partial charge is 0.416 e. The van der Waals surface area contributed by atoms with Crippen LogP contribution in [0.1, 0.15) is 35.7 Å². The Bertz CT molecular complexity index is 576. The van der Waals surface area contributed by atoms with Gasteiger partial charge in [-0.15, -0.1) is 24.0 Å². The van der Waals surface area contributed by atoms with Crippen molar-refractivity contribution in [1.29, 1.82) is 0 Å². The molecule has 0 aliphatic rings. The molecule has 0 atom stereocenters. The van der Waals surface area contributed by atoms with Crippen LogP contribution in [-0.2, 0) is 6.18 Å². The third-order valence-electron chi connectivity index (χ3n) is 3.59. The molecule has 0 saturated carbocycles. The second-order valence-corrected chi connectivity index (χ2v) is 5.58. The van der Waals surface area contributed by atoms with Crippen LogP contribution in [-0.4, -0.2) is 50.5 Å². The molecule has 0 aliphatic carbocycles. The SMILES string of the molecule is CCCCN(C)C(=NC)NCCNC(=O)c1ccc(C(F)(F)F)cc1.I. The first-order valence-electron chi connectivity index (χ1n) is 8.16. The van der Waals surface area contributed by atoms with Gasteiger partial charge in [0.1, 0.15) is 0 Å². The molecule has 0 bridgehead atoms. The zero-order valence-electron chi connectivity index (χ0n) is 15.2. The molecule has 148 valence electrons. The van der Waals surface area contributed by atoms with E-state index in [1.807, 2.05) is 11.9 Å². The van der Waals surface area contributed by atoms with Crippen LogP contribution in [0.4, 0.5) is 13.2 Å². The Hall–Kier alpha value is -1.52. The Morgan fingerprint density at radius 2 is 1.73 bits per heavy atom. The maximum atomic E-state index is 12.5. The summed E-state index contributed by atoms with van der Waals surface area (Å²) in [5, 5.41) is 5.79. The average Bonchev–Trinajstić information content (AvgIpc) is 2.58. The highest BCUT2D eigenvalue weighted by atomic mass is 127. The quantitative estimate of drug-likeness (QED) is 0.269. The zero-order valence-corrected chi connectivity index (χ0v) is 17.5. The van der Waals surface area contributed by atoms with E-state index < -0.39 is 17.6 Å². The number of unbranched alkanes of at least 4 members (excludes halogenated alkanes) is 1. The van der Waals surface area contributed by atoms with Gasteiger partial charge in [0, 0.05) is 39.3 Å². The van der Waals surface area contributed by atoms with Crippen molar-refractivity contribution in [2.24, 2.45) is 4.99 Å². The van der Waals surface area contributed by atoms with Gasteiger partial charge in [0.15, 0.2) is 5.96 Å². The van der Waals surface area contributed by atoms with Crippen molar-refractivity contribution in [3.05, 3.63) is 35.4 Å². The van der Waals surface area contributed by atoms with Crippen molar-refractivity contribution in [2.45, 2.75) is 25.9 Å². The summed E-state index contributed by atoms with van der Waals surface area (Å²) in [4.78, 5) is 18.1. The van der Waals surface area contributed by atoms with E-state index in [0.29, 0.717) is 13.1 Å². The standard InChI is InChI=1S/C17H25F3N4O.HI/c1-4-5-12-24(3)16(21-2)23-11-10-22-15(25)13-6-8-14(9-7-13)17(18,19)20;/h6-9H,4-5,10-12H2,1-3H3,(H,21,23)(H,22,25);1H. The number of hydrogen-bond donors (Lipinski definition) is 2. The molecule has 2 N–H and O–H groups in total. The normalized spacial score (nSPS) is 11.5. The van der Waals surface area contributed by atoms with Crippen molar-refractivity contribution in [3.8, 4) is 0 Å². The highest BCUT2D eigenvalue weighted by Crippen LogP contribution is 2.28. The summed E-state index contributed by atoms with van der Waals surface area (Å²) in [7, 11) is 3.62.